The van der Waals surface area contributed by atoms with Crippen molar-refractivity contribution < 1.29 is 124 Å². The third-order valence-electron chi connectivity index (χ3n) is 23.4. The zero-order valence-corrected chi connectivity index (χ0v) is 87.1. The van der Waals surface area contributed by atoms with Gasteiger partial charge in [0, 0.05) is 97.9 Å². The largest absolute Gasteiger partial charge is 0.464 e. The smallest absolute Gasteiger partial charge is 0.135 e. The summed E-state index contributed by atoms with van der Waals surface area (Å²) in [6.45, 7) is 5.21. The van der Waals surface area contributed by atoms with Crippen molar-refractivity contribution in [1.29, 1.82) is 5.26 Å². The summed E-state index contributed by atoms with van der Waals surface area (Å²) in [5.41, 5.74) is 6.79. The first kappa shape index (κ1) is 107. The standard InChI is InChI=1S/C26H14O4S2.C22H20O8.C16H6Br2O2.C16H8O2.C14H8O4.C7H6N2.C5H7BO3S.C4H7BrO2.CH3F.CH4.BHNS/c1-28-20-11-10-19(32-20)26-24-15-5-3-6-16-21(15)23(14-4-2-7-17(30-26)22(14)24)25(29-16)18-9-8-13(12-27)31-18;1-3-27-17(23)11-29-15-9-5-7-13-19(15)21(25)14-8-6-10-16(20(14)22(13)26)30-12-18(24)28-4-2;17-15-13-7-3-1-5-9-11(7)14(16(18)19-9)8-4-2-6-10(20-15)12(8)13;1-3-9-11-7-18-14-6-2-4-10(16(11)14)12-8-17-13(5-1)15(9)12;15-9-5-1-3-7-11(9)14(18)8-4-2-6-10(16)12(8)13(7)17;8-5-4-7-3-1-2-6-9-7;1-9-5-3-2-4(10-5)6(7)8;1-2-7-4(6)3-5;1-2;;1-2-3/h2-12H,1H3;5-10H,3-4,11-12H2,1-2H3;1-6H;1-8H;1-6,15-16H;1-3,6H,4H2;2-3,7-8H,1H3;2-3H2,1H3;1H3;1H4;3H/i;;;;;;;;1D;;. The SMILES string of the molecule is Brc1oc2cccc3c4c(Br)oc5cccc(c1c23)c54.C.CCOC(=O)CBr.CCOC(=O)COc1cccc2c1C(=O)c1cccc(OCC(=O)OCC)c1C2=O.COc1ccc(-c2oc3cccc4c5c(-c6ccc(C=O)s6)oc6cccc(c2c34)c65)s1.COc1ccc(B(O)O)s1.N#CCc1ccccn1.O=C1c2cccc(O)c2C(=O)c2cccc(O)c21.[2H]CF.[B]=NS.c1cc2occ3c4cccc5occ(c(c1)c23)c54. The number of thiophene rings is 3. The molecule has 0 aliphatic heterocycles. The maximum Gasteiger partial charge on any atom is 0.135 e. The van der Waals surface area contributed by atoms with Gasteiger partial charge in [-0.3, -0.25) is 38.1 Å². The maximum atomic E-state index is 13.1. The minimum Gasteiger partial charge on any atom is -0.464 e. The van der Waals surface area contributed by atoms with E-state index in [0.29, 0.717) is 33.1 Å². The van der Waals surface area contributed by atoms with E-state index in [4.69, 9.17) is 71.6 Å². The maximum absolute atomic E-state index is 13.1. The first-order valence-electron chi connectivity index (χ1n) is 45.8. The van der Waals surface area contributed by atoms with Crippen molar-refractivity contribution in [1.82, 2.24) is 4.98 Å². The summed E-state index contributed by atoms with van der Waals surface area (Å²) in [7, 11) is 5.17. The summed E-state index contributed by atoms with van der Waals surface area (Å²) in [6, 6.07) is 73.3. The Bertz CT molecular complexity index is 8700. The number of benzene rings is 13. The zero-order valence-electron chi connectivity index (χ0n) is 80.0. The average Bonchev–Trinajstić information content (AvgIpc) is 1.54. The van der Waals surface area contributed by atoms with Crippen molar-refractivity contribution in [2.75, 3.05) is 59.7 Å². The number of fused-ring (bicyclic) bond motifs is 10. The fraction of sp³-hybridized carbons (Fsp3) is 0.125. The topological polar surface area (TPSA) is 410 Å². The molecule has 0 spiro atoms. The van der Waals surface area contributed by atoms with Crippen molar-refractivity contribution in [3.05, 3.63) is 320 Å². The van der Waals surface area contributed by atoms with Crippen molar-refractivity contribution in [2.45, 2.75) is 34.6 Å². The number of esters is 3. The molecule has 0 amide bonds. The number of furan rings is 6. The summed E-state index contributed by atoms with van der Waals surface area (Å²) in [5.74, 6) is -1.74. The van der Waals surface area contributed by atoms with Crippen LogP contribution in [-0.2, 0) is 35.0 Å². The second-order valence-electron chi connectivity index (χ2n) is 31.8. The van der Waals surface area contributed by atoms with Gasteiger partial charge in [-0.05, 0) is 194 Å². The Morgan fingerprint density at radius 3 is 1.23 bits per heavy atom. The molecule has 755 valence electrons. The number of phenols is 2. The van der Waals surface area contributed by atoms with Gasteiger partial charge >= 0.3 is 49.8 Å². The van der Waals surface area contributed by atoms with Gasteiger partial charge in [0.05, 0.1) is 110 Å². The van der Waals surface area contributed by atoms with Gasteiger partial charge in [-0.2, -0.15) is 5.26 Å². The minimum absolute atomic E-state index is 0. The number of nitrogens with zero attached hydrogens (tertiary/aromatic N) is 3. The molecule has 4 N–H and O–H groups in total. The fourth-order valence-corrected chi connectivity index (χ4v) is 21.1. The van der Waals surface area contributed by atoms with Crippen molar-refractivity contribution in [2.24, 2.45) is 4.30 Å². The second-order valence-corrected chi connectivity index (χ2v) is 37.3. The summed E-state index contributed by atoms with van der Waals surface area (Å²) < 4.78 is 91.4. The molecule has 1 radical (unpaired) electrons. The van der Waals surface area contributed by atoms with E-state index < -0.39 is 49.3 Å². The number of aromatic hydroxyl groups is 2. The molecule has 0 saturated heterocycles. The fourth-order valence-electron chi connectivity index (χ4n) is 17.5. The number of thiol groups is 1. The summed E-state index contributed by atoms with van der Waals surface area (Å²) >= 11 is 17.5. The molecule has 23 aromatic rings. The number of hydrogen-bond donors (Lipinski definition) is 5. The van der Waals surface area contributed by atoms with E-state index in [1.807, 2.05) is 134 Å². The van der Waals surface area contributed by atoms with E-state index in [1.54, 1.807) is 76.8 Å². The Hall–Kier alpha value is -15.7. The molecule has 0 bridgehead atoms. The Labute approximate surface area is 898 Å². The Kier molecular flexibility index (Phi) is 35.0. The molecule has 0 atom stereocenters. The molecule has 0 saturated carbocycles. The molecule has 10 heterocycles. The van der Waals surface area contributed by atoms with E-state index >= 15 is 0 Å². The first-order valence-corrected chi connectivity index (χ1v) is 50.7. The number of phenolic OH excluding ortho intramolecular Hbond substituents is 2. The minimum atomic E-state index is -1.38. The molecule has 38 heteroatoms. The first-order chi connectivity index (χ1) is 72.8. The number of pyridine rings is 1. The Morgan fingerprint density at radius 1 is 0.480 bits per heavy atom. The second kappa shape index (κ2) is 49.0. The van der Waals surface area contributed by atoms with Crippen LogP contribution in [0.4, 0.5) is 4.39 Å². The number of aromatic nitrogens is 1. The molecule has 2 aliphatic rings. The molecule has 0 fully saturated rings. The van der Waals surface area contributed by atoms with Gasteiger partial charge in [0.15, 0.2) is 73.6 Å². The van der Waals surface area contributed by atoms with Crippen LogP contribution < -0.4 is 23.7 Å². The molecule has 13 aromatic carbocycles. The van der Waals surface area contributed by atoms with Crippen LogP contribution in [0.3, 0.4) is 0 Å². The van der Waals surface area contributed by atoms with Gasteiger partial charge in [-0.15, -0.1) is 22.7 Å². The van der Waals surface area contributed by atoms with Crippen LogP contribution in [0, 0.1) is 11.3 Å². The molecular weight excluding hydrogens is 2200 g/mol. The number of ether oxygens (including phenoxy) is 7. The third kappa shape index (κ3) is 21.8. The summed E-state index contributed by atoms with van der Waals surface area (Å²) in [5, 5.41) is 67.2. The van der Waals surface area contributed by atoms with Gasteiger partial charge in [0.2, 0.25) is 0 Å². The summed E-state index contributed by atoms with van der Waals surface area (Å²) in [4.78, 5) is 102. The quantitative estimate of drug-likeness (QED) is 0.0107. The van der Waals surface area contributed by atoms with Crippen LogP contribution in [0.15, 0.2) is 295 Å². The number of alkyl halides is 2. The number of carbonyl (C=O) groups is 8. The molecule has 150 heavy (non-hydrogen) atoms. The third-order valence-corrected chi connectivity index (χ3v) is 28.1. The normalized spacial score (nSPS) is 11.4. The molecule has 28 nitrogen and oxygen atoms in total. The van der Waals surface area contributed by atoms with Crippen molar-refractivity contribution in [3.63, 3.8) is 0 Å². The van der Waals surface area contributed by atoms with Gasteiger partial charge < -0.3 is 79.9 Å². The molecule has 0 unspecified atom stereocenters. The van der Waals surface area contributed by atoms with Gasteiger partial charge in [0.1, 0.15) is 61.8 Å². The van der Waals surface area contributed by atoms with Crippen LogP contribution in [0.2, 0.25) is 0 Å². The number of carbonyl (C=O) groups excluding carboxylic acids is 8. The Morgan fingerprint density at radius 2 is 0.853 bits per heavy atom. The monoisotopic (exact) mass is 2280 g/mol. The Balaban J connectivity index is 0.000000133. The van der Waals surface area contributed by atoms with Crippen LogP contribution in [-0.4, -0.2) is 147 Å². The van der Waals surface area contributed by atoms with E-state index in [-0.39, 0.29) is 107 Å². The van der Waals surface area contributed by atoms with Crippen LogP contribution in [0.5, 0.6) is 33.1 Å². The van der Waals surface area contributed by atoms with Gasteiger partial charge in [0.25, 0.3) is 0 Å². The van der Waals surface area contributed by atoms with E-state index in [2.05, 4.69) is 119 Å². The van der Waals surface area contributed by atoms with Gasteiger partial charge in [-0.25, -0.2) is 9.59 Å². The van der Waals surface area contributed by atoms with Crippen molar-refractivity contribution >= 4 is 292 Å². The van der Waals surface area contributed by atoms with E-state index in [9.17, 15) is 53.0 Å². The number of halogens is 4. The molecule has 2 aliphatic carbocycles. The average molecular weight is 2280 g/mol. The zero-order chi connectivity index (χ0) is 106. The number of hydrogen-bond acceptors (Lipinski definition) is 32. The molecular formula is C112H84B2Br3FN3O25S4. The molecule has 25 rings (SSSR count). The number of aldehydes is 1. The van der Waals surface area contributed by atoms with Gasteiger partial charge in [-0.1, -0.05) is 162 Å². The number of methoxy groups -OCH3 is 2. The molecule has 10 aromatic heterocycles. The predicted octanol–water partition coefficient (Wildman–Crippen LogP) is 26.7. The summed E-state index contributed by atoms with van der Waals surface area (Å²) in [6.07, 6.45) is 6.66. The number of nitriles is 1. The van der Waals surface area contributed by atoms with E-state index in [1.165, 1.54) is 116 Å². The van der Waals surface area contributed by atoms with Crippen LogP contribution in [0.25, 0.3) is 152 Å². The van der Waals surface area contributed by atoms with Crippen molar-refractivity contribution in [3.8, 4) is 60.5 Å². The predicted molar refractivity (Wildman–Crippen MR) is 593 cm³/mol. The number of ketones is 4. The van der Waals surface area contributed by atoms with Crippen LogP contribution in [0.1, 0.15) is 109 Å². The van der Waals surface area contributed by atoms with E-state index in [0.717, 1.165) is 146 Å². The van der Waals surface area contributed by atoms with Crippen LogP contribution >= 0.6 is 94.6 Å². The number of rotatable bonds is 17.